The van der Waals surface area contributed by atoms with Gasteiger partial charge in [0.05, 0.1) is 18.1 Å². The molecule has 2 N–H and O–H groups in total. The summed E-state index contributed by atoms with van der Waals surface area (Å²) in [6, 6.07) is 9.36. The summed E-state index contributed by atoms with van der Waals surface area (Å²) in [5.74, 6) is -0.927. The molecule has 0 atom stereocenters. The first-order valence-electron chi connectivity index (χ1n) is 7.76. The molecule has 0 radical (unpaired) electrons. The summed E-state index contributed by atoms with van der Waals surface area (Å²) in [6.45, 7) is 0.163. The van der Waals surface area contributed by atoms with Gasteiger partial charge in [-0.25, -0.2) is 4.79 Å². The van der Waals surface area contributed by atoms with E-state index in [2.05, 4.69) is 5.32 Å². The number of aliphatic carboxylic acids is 1. The van der Waals surface area contributed by atoms with E-state index in [1.807, 2.05) is 30.3 Å². The quantitative estimate of drug-likeness (QED) is 0.841. The van der Waals surface area contributed by atoms with Gasteiger partial charge < -0.3 is 19.9 Å². The second-order valence-corrected chi connectivity index (χ2v) is 5.97. The number of carbonyl (C=O) groups excluding carboxylic acids is 1. The van der Waals surface area contributed by atoms with E-state index < -0.39 is 17.6 Å². The summed E-state index contributed by atoms with van der Waals surface area (Å²) in [4.78, 5) is 23.2. The minimum Gasteiger partial charge on any atom is -0.481 e. The Morgan fingerprint density at radius 2 is 1.91 bits per heavy atom. The highest BCUT2D eigenvalue weighted by molar-refractivity contribution is 5.72. The molecule has 0 heterocycles. The summed E-state index contributed by atoms with van der Waals surface area (Å²) < 4.78 is 10.5. The number of alkyl carbamates (subject to hydrolysis) is 1. The Kier molecular flexibility index (Phi) is 5.98. The van der Waals surface area contributed by atoms with Crippen molar-refractivity contribution in [2.75, 3.05) is 7.11 Å². The van der Waals surface area contributed by atoms with Gasteiger partial charge in [-0.15, -0.1) is 0 Å². The van der Waals surface area contributed by atoms with Crippen LogP contribution in [0.3, 0.4) is 0 Å². The van der Waals surface area contributed by atoms with Gasteiger partial charge in [-0.3, -0.25) is 4.79 Å². The maximum Gasteiger partial charge on any atom is 0.407 e. The van der Waals surface area contributed by atoms with Crippen molar-refractivity contribution in [1.29, 1.82) is 0 Å². The third-order valence-corrected chi connectivity index (χ3v) is 4.29. The fraction of sp³-hybridized carbons (Fsp3) is 0.529. The van der Waals surface area contributed by atoms with Crippen molar-refractivity contribution >= 4 is 12.1 Å². The van der Waals surface area contributed by atoms with Crippen LogP contribution < -0.4 is 5.32 Å². The zero-order valence-electron chi connectivity index (χ0n) is 13.3. The average Bonchev–Trinajstić information content (AvgIpc) is 2.54. The first-order chi connectivity index (χ1) is 11.0. The molecule has 6 nitrogen and oxygen atoms in total. The van der Waals surface area contributed by atoms with E-state index >= 15 is 0 Å². The van der Waals surface area contributed by atoms with Crippen LogP contribution in [0, 0.1) is 0 Å². The molecule has 1 aliphatic carbocycles. The maximum absolute atomic E-state index is 12.1. The molecule has 1 aliphatic rings. The van der Waals surface area contributed by atoms with Crippen LogP contribution in [0.25, 0.3) is 0 Å². The van der Waals surface area contributed by atoms with Crippen LogP contribution in [0.2, 0.25) is 0 Å². The summed E-state index contributed by atoms with van der Waals surface area (Å²) in [5.41, 5.74) is 0.132. The highest BCUT2D eigenvalue weighted by Crippen LogP contribution is 2.32. The smallest absolute Gasteiger partial charge is 0.407 e. The van der Waals surface area contributed by atoms with E-state index in [0.29, 0.717) is 12.8 Å². The van der Waals surface area contributed by atoms with E-state index in [-0.39, 0.29) is 19.1 Å². The minimum atomic E-state index is -0.927. The van der Waals surface area contributed by atoms with E-state index in [0.717, 1.165) is 18.4 Å². The Hall–Kier alpha value is -2.08. The molecule has 126 valence electrons. The Bertz CT molecular complexity index is 523. The lowest BCUT2D eigenvalue weighted by Crippen LogP contribution is -2.52. The zero-order valence-corrected chi connectivity index (χ0v) is 13.3. The molecule has 1 aromatic carbocycles. The SMILES string of the molecule is COC1CCC(CC(=O)O)(NC(=O)OCc2ccccc2)CC1. The number of carboxylic acid groups (broad SMARTS) is 1. The summed E-state index contributed by atoms with van der Waals surface area (Å²) in [7, 11) is 1.65. The van der Waals surface area contributed by atoms with Gasteiger partial charge in [0.25, 0.3) is 0 Å². The molecule has 2 rings (SSSR count). The first kappa shape index (κ1) is 17.3. The third kappa shape index (κ3) is 5.25. The molecule has 1 saturated carbocycles. The van der Waals surface area contributed by atoms with Crippen molar-refractivity contribution in [3.63, 3.8) is 0 Å². The molecule has 23 heavy (non-hydrogen) atoms. The molecular formula is C17H23NO5. The van der Waals surface area contributed by atoms with E-state index in [4.69, 9.17) is 14.6 Å². The monoisotopic (exact) mass is 321 g/mol. The minimum absolute atomic E-state index is 0.107. The van der Waals surface area contributed by atoms with Crippen LogP contribution >= 0.6 is 0 Å². The van der Waals surface area contributed by atoms with Gasteiger partial charge in [0, 0.05) is 7.11 Å². The third-order valence-electron chi connectivity index (χ3n) is 4.29. The fourth-order valence-corrected chi connectivity index (χ4v) is 2.99. The molecule has 0 spiro atoms. The van der Waals surface area contributed by atoms with Crippen LogP contribution in [0.15, 0.2) is 30.3 Å². The van der Waals surface area contributed by atoms with Crippen molar-refractivity contribution in [3.8, 4) is 0 Å². The second-order valence-electron chi connectivity index (χ2n) is 5.97. The second kappa shape index (κ2) is 7.97. The van der Waals surface area contributed by atoms with Crippen molar-refractivity contribution < 1.29 is 24.2 Å². The molecule has 1 fully saturated rings. The zero-order chi connectivity index (χ0) is 16.7. The van der Waals surface area contributed by atoms with Crippen molar-refractivity contribution in [2.45, 2.75) is 50.4 Å². The topological polar surface area (TPSA) is 84.9 Å². The van der Waals surface area contributed by atoms with E-state index in [1.54, 1.807) is 7.11 Å². The molecule has 0 unspecified atom stereocenters. The largest absolute Gasteiger partial charge is 0.481 e. The number of hydrogen-bond acceptors (Lipinski definition) is 4. The molecule has 0 aliphatic heterocycles. The summed E-state index contributed by atoms with van der Waals surface area (Å²) in [5, 5.41) is 11.9. The lowest BCUT2D eigenvalue weighted by atomic mass is 9.78. The molecular weight excluding hydrogens is 298 g/mol. The van der Waals surface area contributed by atoms with Crippen LogP contribution in [-0.2, 0) is 20.9 Å². The Labute approximate surface area is 135 Å². The number of nitrogens with one attached hydrogen (secondary N) is 1. The highest BCUT2D eigenvalue weighted by Gasteiger charge is 2.39. The van der Waals surface area contributed by atoms with Gasteiger partial charge in [0.15, 0.2) is 0 Å². The Morgan fingerprint density at radius 3 is 2.48 bits per heavy atom. The average molecular weight is 321 g/mol. The molecule has 0 saturated heterocycles. The molecule has 6 heteroatoms. The highest BCUT2D eigenvalue weighted by atomic mass is 16.5. The standard InChI is InChI=1S/C17H23NO5/c1-22-14-7-9-17(10-8-14,11-15(19)20)18-16(21)23-12-13-5-3-2-4-6-13/h2-6,14H,7-12H2,1H3,(H,18,21)(H,19,20). The molecule has 0 bridgehead atoms. The number of amides is 1. The molecule has 1 amide bonds. The van der Waals surface area contributed by atoms with Gasteiger partial charge in [-0.2, -0.15) is 0 Å². The predicted octanol–water partition coefficient (Wildman–Crippen LogP) is 2.72. The van der Waals surface area contributed by atoms with Crippen LogP contribution in [-0.4, -0.2) is 35.9 Å². The van der Waals surface area contributed by atoms with Gasteiger partial charge >= 0.3 is 12.1 Å². The van der Waals surface area contributed by atoms with Crippen molar-refractivity contribution in [3.05, 3.63) is 35.9 Å². The van der Waals surface area contributed by atoms with Crippen molar-refractivity contribution in [1.82, 2.24) is 5.32 Å². The summed E-state index contributed by atoms with van der Waals surface area (Å²) in [6.07, 6.45) is 2.02. The lowest BCUT2D eigenvalue weighted by Gasteiger charge is -2.39. The number of hydrogen-bond donors (Lipinski definition) is 2. The van der Waals surface area contributed by atoms with Crippen LogP contribution in [0.4, 0.5) is 4.79 Å². The maximum atomic E-state index is 12.1. The van der Waals surface area contributed by atoms with Crippen molar-refractivity contribution in [2.24, 2.45) is 0 Å². The van der Waals surface area contributed by atoms with E-state index in [9.17, 15) is 9.59 Å². The number of carboxylic acids is 1. The number of carbonyl (C=O) groups is 2. The van der Waals surface area contributed by atoms with Crippen LogP contribution in [0.5, 0.6) is 0 Å². The number of ether oxygens (including phenoxy) is 2. The van der Waals surface area contributed by atoms with Gasteiger partial charge in [-0.1, -0.05) is 30.3 Å². The number of rotatable bonds is 6. The van der Waals surface area contributed by atoms with Gasteiger partial charge in [-0.05, 0) is 31.2 Å². The molecule has 0 aromatic heterocycles. The van der Waals surface area contributed by atoms with Gasteiger partial charge in [0.1, 0.15) is 6.61 Å². The Morgan fingerprint density at radius 1 is 1.26 bits per heavy atom. The Balaban J connectivity index is 1.92. The van der Waals surface area contributed by atoms with Gasteiger partial charge in [0.2, 0.25) is 0 Å². The van der Waals surface area contributed by atoms with Crippen LogP contribution in [0.1, 0.15) is 37.7 Å². The molecule has 1 aromatic rings. The number of benzene rings is 1. The first-order valence-corrected chi connectivity index (χ1v) is 7.76. The van der Waals surface area contributed by atoms with E-state index in [1.165, 1.54) is 0 Å². The summed E-state index contributed by atoms with van der Waals surface area (Å²) >= 11 is 0. The lowest BCUT2D eigenvalue weighted by molar-refractivity contribution is -0.139. The normalized spacial score (nSPS) is 24.0. The fourth-order valence-electron chi connectivity index (χ4n) is 2.99. The predicted molar refractivity (Wildman–Crippen MR) is 84.0 cm³/mol. The number of methoxy groups -OCH3 is 1.